The third-order valence-electron chi connectivity index (χ3n) is 10.7. The number of unbranched alkanes of at least 4 members (excludes halogenated alkanes) is 12. The largest absolute Gasteiger partial charge is 0.222 e. The van der Waals surface area contributed by atoms with E-state index in [1.165, 1.54) is 168 Å². The van der Waals surface area contributed by atoms with E-state index in [0.717, 1.165) is 32.5 Å². The summed E-state index contributed by atoms with van der Waals surface area (Å²) in [7, 11) is 0. The quantitative estimate of drug-likeness (QED) is 0.0570. The Kier molecular flexibility index (Phi) is 16.4. The summed E-state index contributed by atoms with van der Waals surface area (Å²) in [6.07, 6.45) is 25.4. The van der Waals surface area contributed by atoms with Crippen LogP contribution < -0.4 is 0 Å². The number of aromatic nitrogens is 2. The van der Waals surface area contributed by atoms with Crippen molar-refractivity contribution in [3.05, 3.63) is 82.9 Å². The summed E-state index contributed by atoms with van der Waals surface area (Å²) >= 11 is 7.46. The van der Waals surface area contributed by atoms with Gasteiger partial charge in [-0.15, -0.1) is 22.7 Å². The summed E-state index contributed by atoms with van der Waals surface area (Å²) in [5, 5.41) is 2.30. The number of aryl methyl sites for hydroxylation is 4. The van der Waals surface area contributed by atoms with Crippen LogP contribution in [0.2, 0.25) is 0 Å². The molecule has 6 heteroatoms. The van der Waals surface area contributed by atoms with E-state index in [0.29, 0.717) is 0 Å². The Morgan fingerprint density at radius 2 is 0.759 bits per heavy atom. The molecule has 54 heavy (non-hydrogen) atoms. The molecule has 0 fully saturated rings. The molecule has 0 aliphatic heterocycles. The Bertz CT molecular complexity index is 1800. The number of rotatable bonds is 24. The minimum atomic E-state index is 1.09. The van der Waals surface area contributed by atoms with Crippen molar-refractivity contribution in [1.82, 2.24) is 9.97 Å². The summed E-state index contributed by atoms with van der Waals surface area (Å²) in [6, 6.07) is 23.6. The van der Waals surface area contributed by atoms with Crippen LogP contribution in [0.3, 0.4) is 0 Å². The second-order valence-corrected chi connectivity index (χ2v) is 19.3. The van der Waals surface area contributed by atoms with Crippen LogP contribution in [0.4, 0.5) is 0 Å². The minimum Gasteiger partial charge on any atom is -0.222 e. The molecule has 2 nitrogen and oxygen atoms in total. The topological polar surface area (TPSA) is 25.8 Å². The fourth-order valence-electron chi connectivity index (χ4n) is 7.34. The number of fused-ring (bicyclic) bond motifs is 1. The maximum absolute atomic E-state index is 5.34. The van der Waals surface area contributed by atoms with Gasteiger partial charge in [0.05, 0.1) is 9.75 Å². The van der Waals surface area contributed by atoms with E-state index in [2.05, 4.69) is 88.4 Å². The average Bonchev–Trinajstić information content (AvgIpc) is 3.99. The van der Waals surface area contributed by atoms with Gasteiger partial charge < -0.3 is 0 Å². The first-order chi connectivity index (χ1) is 26.6. The summed E-state index contributed by atoms with van der Waals surface area (Å²) in [5.74, 6) is 0. The highest BCUT2D eigenvalue weighted by molar-refractivity contribution is 7.32. The SMILES string of the molecule is CCCCCCCCc1cc(-c2ccc(CCCC)cc2)sc1-c1nc2sc(-c3sc(-c4ccc(CCCC)cc4)cc3CCCCCCCC)nc2s1. The van der Waals surface area contributed by atoms with Gasteiger partial charge in [0.2, 0.25) is 0 Å². The van der Waals surface area contributed by atoms with Crippen LogP contribution >= 0.6 is 45.3 Å². The van der Waals surface area contributed by atoms with Crippen LogP contribution in [-0.4, -0.2) is 9.97 Å². The molecule has 4 aromatic heterocycles. The summed E-state index contributed by atoms with van der Waals surface area (Å²) < 4.78 is 0. The van der Waals surface area contributed by atoms with Crippen molar-refractivity contribution in [2.24, 2.45) is 0 Å². The molecular formula is C48H62N2S4. The van der Waals surface area contributed by atoms with Crippen LogP contribution in [-0.2, 0) is 25.7 Å². The lowest BCUT2D eigenvalue weighted by molar-refractivity contribution is 0.608. The fourth-order valence-corrected chi connectivity index (χ4v) is 12.0. The number of benzene rings is 2. The number of hydrogen-bond donors (Lipinski definition) is 0. The van der Waals surface area contributed by atoms with Crippen molar-refractivity contribution < 1.29 is 0 Å². The highest BCUT2D eigenvalue weighted by Gasteiger charge is 2.21. The molecule has 288 valence electrons. The Morgan fingerprint density at radius 1 is 0.389 bits per heavy atom. The van der Waals surface area contributed by atoms with E-state index in [-0.39, 0.29) is 0 Å². The molecule has 0 bridgehead atoms. The van der Waals surface area contributed by atoms with Crippen molar-refractivity contribution in [3.8, 4) is 40.7 Å². The van der Waals surface area contributed by atoms with Gasteiger partial charge in [0, 0.05) is 9.75 Å². The van der Waals surface area contributed by atoms with E-state index >= 15 is 0 Å². The summed E-state index contributed by atoms with van der Waals surface area (Å²) in [4.78, 5) is 18.3. The minimum absolute atomic E-state index is 1.09. The Morgan fingerprint density at radius 3 is 1.15 bits per heavy atom. The van der Waals surface area contributed by atoms with Gasteiger partial charge in [-0.05, 0) is 96.9 Å². The van der Waals surface area contributed by atoms with Gasteiger partial charge in [0.25, 0.3) is 0 Å². The zero-order valence-corrected chi connectivity index (χ0v) is 36.7. The predicted molar refractivity (Wildman–Crippen MR) is 244 cm³/mol. The lowest BCUT2D eigenvalue weighted by Gasteiger charge is -2.03. The third kappa shape index (κ3) is 11.2. The van der Waals surface area contributed by atoms with Gasteiger partial charge in [-0.25, -0.2) is 9.97 Å². The lowest BCUT2D eigenvalue weighted by atomic mass is 10.0. The van der Waals surface area contributed by atoms with Gasteiger partial charge in [-0.2, -0.15) is 0 Å². The molecule has 6 rings (SSSR count). The molecule has 0 spiro atoms. The first-order valence-electron chi connectivity index (χ1n) is 21.3. The van der Waals surface area contributed by atoms with Crippen LogP contribution in [0.15, 0.2) is 60.7 Å². The van der Waals surface area contributed by atoms with Crippen LogP contribution in [0.5, 0.6) is 0 Å². The lowest BCUT2D eigenvalue weighted by Crippen LogP contribution is -1.87. The number of nitrogens with zero attached hydrogens (tertiary/aromatic N) is 2. The van der Waals surface area contributed by atoms with Gasteiger partial charge in [0.1, 0.15) is 10.0 Å². The Balaban J connectivity index is 1.26. The first kappa shape index (κ1) is 41.0. The van der Waals surface area contributed by atoms with E-state index in [1.807, 2.05) is 22.7 Å². The Labute approximate surface area is 342 Å². The number of thiazole rings is 2. The Hall–Kier alpha value is -2.64. The summed E-state index contributed by atoms with van der Waals surface area (Å²) in [6.45, 7) is 9.14. The number of thiophene rings is 2. The molecule has 2 aromatic carbocycles. The molecular weight excluding hydrogens is 733 g/mol. The van der Waals surface area contributed by atoms with Gasteiger partial charge in [-0.1, -0.05) is 176 Å². The zero-order chi connectivity index (χ0) is 37.5. The fraction of sp³-hybridized carbons (Fsp3) is 0.500. The highest BCUT2D eigenvalue weighted by Crippen LogP contribution is 2.46. The molecule has 0 unspecified atom stereocenters. The monoisotopic (exact) mass is 794 g/mol. The molecule has 0 aliphatic carbocycles. The zero-order valence-electron chi connectivity index (χ0n) is 33.4. The smallest absolute Gasteiger partial charge is 0.155 e. The molecule has 0 radical (unpaired) electrons. The van der Waals surface area contributed by atoms with Gasteiger partial charge in [-0.3, -0.25) is 0 Å². The molecule has 0 saturated carbocycles. The van der Waals surface area contributed by atoms with Crippen LogP contribution in [0.25, 0.3) is 50.3 Å². The molecule has 0 atom stereocenters. The molecule has 6 aromatic rings. The molecule has 0 N–H and O–H groups in total. The van der Waals surface area contributed by atoms with Crippen molar-refractivity contribution in [2.45, 2.75) is 156 Å². The third-order valence-corrected chi connectivity index (χ3v) is 15.5. The molecule has 0 amide bonds. The van der Waals surface area contributed by atoms with E-state index in [4.69, 9.17) is 9.97 Å². The van der Waals surface area contributed by atoms with Crippen molar-refractivity contribution >= 4 is 55.0 Å². The van der Waals surface area contributed by atoms with E-state index in [1.54, 1.807) is 22.7 Å². The van der Waals surface area contributed by atoms with Crippen molar-refractivity contribution in [3.63, 3.8) is 0 Å². The maximum Gasteiger partial charge on any atom is 0.155 e. The highest BCUT2D eigenvalue weighted by atomic mass is 32.1. The van der Waals surface area contributed by atoms with Gasteiger partial charge in [0.15, 0.2) is 9.66 Å². The maximum atomic E-state index is 5.34. The van der Waals surface area contributed by atoms with E-state index < -0.39 is 0 Å². The standard InChI is InChI=1S/C48H62N2S4/c1-5-9-13-15-17-19-23-39-33-41(37-29-25-35(26-30-37)21-11-7-3)51-43(39)45-49-47-48(53-45)50-46(54-47)44-40(24-20-18-16-14-10-6-2)34-42(52-44)38-31-27-36(28-32-38)22-12-8-4/h25-34H,5-24H2,1-4H3. The molecule has 4 heterocycles. The first-order valence-corrected chi connectivity index (χ1v) is 24.6. The van der Waals surface area contributed by atoms with Crippen molar-refractivity contribution in [2.75, 3.05) is 0 Å². The second-order valence-electron chi connectivity index (χ2n) is 15.2. The molecule has 0 aliphatic rings. The number of hydrogen-bond acceptors (Lipinski definition) is 6. The predicted octanol–water partition coefficient (Wildman–Crippen LogP) is 17.0. The second kappa shape index (κ2) is 21.6. The van der Waals surface area contributed by atoms with Crippen molar-refractivity contribution in [1.29, 1.82) is 0 Å². The average molecular weight is 795 g/mol. The van der Waals surface area contributed by atoms with Crippen LogP contribution in [0, 0.1) is 0 Å². The van der Waals surface area contributed by atoms with Gasteiger partial charge >= 0.3 is 0 Å². The van der Waals surface area contributed by atoms with Crippen LogP contribution in [0.1, 0.15) is 153 Å². The van der Waals surface area contributed by atoms with E-state index in [9.17, 15) is 0 Å². The summed E-state index contributed by atoms with van der Waals surface area (Å²) in [5.41, 5.74) is 8.48. The normalized spacial score (nSPS) is 11.7. The molecule has 0 saturated heterocycles.